The van der Waals surface area contributed by atoms with Gasteiger partial charge in [-0.25, -0.2) is 10.2 Å². The van der Waals surface area contributed by atoms with E-state index in [0.29, 0.717) is 30.4 Å². The summed E-state index contributed by atoms with van der Waals surface area (Å²) >= 11 is 0. The zero-order valence-electron chi connectivity index (χ0n) is 15.5. The number of anilines is 1. The molecular formula is C18H23N3O6. The fourth-order valence-corrected chi connectivity index (χ4v) is 2.85. The maximum Gasteiger partial charge on any atom is 0.426 e. The molecular weight excluding hydrogens is 354 g/mol. The molecule has 1 saturated heterocycles. The maximum atomic E-state index is 12.3. The van der Waals surface area contributed by atoms with E-state index in [4.69, 9.17) is 14.2 Å². The second-order valence-corrected chi connectivity index (χ2v) is 7.35. The minimum absolute atomic E-state index is 0.0519. The van der Waals surface area contributed by atoms with E-state index in [0.717, 1.165) is 0 Å². The second-order valence-electron chi connectivity index (χ2n) is 7.35. The molecule has 2 N–H and O–H groups in total. The van der Waals surface area contributed by atoms with Crippen molar-refractivity contribution in [1.82, 2.24) is 10.9 Å². The van der Waals surface area contributed by atoms with Crippen LogP contribution in [0.25, 0.3) is 0 Å². The van der Waals surface area contributed by atoms with Gasteiger partial charge in [-0.3, -0.25) is 15.0 Å². The first kappa shape index (κ1) is 18.8. The van der Waals surface area contributed by atoms with Gasteiger partial charge in [-0.1, -0.05) is 0 Å². The summed E-state index contributed by atoms with van der Waals surface area (Å²) in [6.07, 6.45) is -0.708. The number of carbonyl (C=O) groups excluding carboxylic acids is 3. The van der Waals surface area contributed by atoms with Gasteiger partial charge in [0, 0.05) is 24.7 Å². The van der Waals surface area contributed by atoms with Crippen LogP contribution in [0.5, 0.6) is 11.5 Å². The van der Waals surface area contributed by atoms with Crippen molar-refractivity contribution >= 4 is 23.6 Å². The first-order valence-corrected chi connectivity index (χ1v) is 8.72. The number of hydrogen-bond acceptors (Lipinski definition) is 6. The number of amides is 3. The number of hydrazine groups is 1. The highest BCUT2D eigenvalue weighted by molar-refractivity contribution is 6.00. The van der Waals surface area contributed by atoms with Gasteiger partial charge < -0.3 is 19.1 Å². The molecule has 2 aliphatic heterocycles. The minimum Gasteiger partial charge on any atom is -0.486 e. The van der Waals surface area contributed by atoms with Crippen molar-refractivity contribution in [3.05, 3.63) is 18.2 Å². The van der Waals surface area contributed by atoms with Crippen LogP contribution in [0, 0.1) is 5.92 Å². The summed E-state index contributed by atoms with van der Waals surface area (Å²) in [5.41, 5.74) is 4.47. The number of nitrogens with zero attached hydrogens (tertiary/aromatic N) is 1. The molecule has 3 amide bonds. The molecule has 1 atom stereocenters. The molecule has 146 valence electrons. The first-order valence-electron chi connectivity index (χ1n) is 8.72. The predicted octanol–water partition coefficient (Wildman–Crippen LogP) is 1.37. The number of benzene rings is 1. The molecule has 3 rings (SSSR count). The van der Waals surface area contributed by atoms with Crippen molar-refractivity contribution in [3.63, 3.8) is 0 Å². The molecule has 1 fully saturated rings. The van der Waals surface area contributed by atoms with Gasteiger partial charge in [0.1, 0.15) is 18.8 Å². The number of nitrogens with one attached hydrogen (secondary N) is 2. The van der Waals surface area contributed by atoms with Gasteiger partial charge in [-0.15, -0.1) is 0 Å². The second kappa shape index (κ2) is 7.34. The van der Waals surface area contributed by atoms with Gasteiger partial charge in [0.2, 0.25) is 11.8 Å². The molecule has 0 bridgehead atoms. The summed E-state index contributed by atoms with van der Waals surface area (Å²) in [6, 6.07) is 5.23. The lowest BCUT2D eigenvalue weighted by Gasteiger charge is -2.22. The van der Waals surface area contributed by atoms with Crippen LogP contribution in [0.1, 0.15) is 27.2 Å². The van der Waals surface area contributed by atoms with E-state index in [1.807, 2.05) is 0 Å². The largest absolute Gasteiger partial charge is 0.486 e. The van der Waals surface area contributed by atoms with Gasteiger partial charge in [-0.2, -0.15) is 0 Å². The van der Waals surface area contributed by atoms with Crippen molar-refractivity contribution in [2.45, 2.75) is 32.8 Å². The van der Waals surface area contributed by atoms with Crippen LogP contribution in [-0.2, 0) is 14.3 Å². The summed E-state index contributed by atoms with van der Waals surface area (Å²) < 4.78 is 16.1. The fourth-order valence-electron chi connectivity index (χ4n) is 2.85. The van der Waals surface area contributed by atoms with Crippen LogP contribution in [-0.4, -0.2) is 43.3 Å². The van der Waals surface area contributed by atoms with E-state index in [2.05, 4.69) is 10.9 Å². The molecule has 2 aliphatic rings. The van der Waals surface area contributed by atoms with Crippen LogP contribution in [0.15, 0.2) is 18.2 Å². The lowest BCUT2D eigenvalue weighted by Crippen LogP contribution is -2.47. The Morgan fingerprint density at radius 1 is 1.15 bits per heavy atom. The summed E-state index contributed by atoms with van der Waals surface area (Å²) in [7, 11) is 0. The number of carbonyl (C=O) groups is 3. The van der Waals surface area contributed by atoms with Gasteiger partial charge in [0.05, 0.1) is 5.92 Å². The third kappa shape index (κ3) is 4.60. The summed E-state index contributed by atoms with van der Waals surface area (Å²) in [5, 5.41) is 0. The van der Waals surface area contributed by atoms with Crippen molar-refractivity contribution in [1.29, 1.82) is 0 Å². The van der Waals surface area contributed by atoms with Crippen LogP contribution in [0.4, 0.5) is 10.5 Å². The number of fused-ring (bicyclic) bond motifs is 1. The Bertz CT molecular complexity index is 758. The van der Waals surface area contributed by atoms with Crippen LogP contribution in [0.2, 0.25) is 0 Å². The fraction of sp³-hybridized carbons (Fsp3) is 0.500. The Kier molecular flexibility index (Phi) is 5.11. The highest BCUT2D eigenvalue weighted by atomic mass is 16.6. The molecule has 0 saturated carbocycles. The quantitative estimate of drug-likeness (QED) is 0.754. The molecule has 1 aromatic carbocycles. The Morgan fingerprint density at radius 3 is 2.56 bits per heavy atom. The van der Waals surface area contributed by atoms with Crippen molar-refractivity contribution in [3.8, 4) is 11.5 Å². The highest BCUT2D eigenvalue weighted by Crippen LogP contribution is 2.35. The van der Waals surface area contributed by atoms with Crippen LogP contribution < -0.4 is 25.2 Å². The lowest BCUT2D eigenvalue weighted by atomic mass is 10.1. The highest BCUT2D eigenvalue weighted by Gasteiger charge is 2.36. The number of rotatable bonds is 2. The molecule has 2 heterocycles. The molecule has 0 spiro atoms. The zero-order chi connectivity index (χ0) is 19.6. The first-order chi connectivity index (χ1) is 12.7. The third-order valence-corrected chi connectivity index (χ3v) is 4.02. The molecule has 0 unspecified atom stereocenters. The van der Waals surface area contributed by atoms with Crippen molar-refractivity contribution < 1.29 is 28.6 Å². The Balaban J connectivity index is 1.58. The van der Waals surface area contributed by atoms with E-state index < -0.39 is 23.5 Å². The molecule has 27 heavy (non-hydrogen) atoms. The van der Waals surface area contributed by atoms with Crippen LogP contribution >= 0.6 is 0 Å². The monoisotopic (exact) mass is 377 g/mol. The predicted molar refractivity (Wildman–Crippen MR) is 95.4 cm³/mol. The Morgan fingerprint density at radius 2 is 1.85 bits per heavy atom. The summed E-state index contributed by atoms with van der Waals surface area (Å²) in [5.74, 6) is -0.00229. The summed E-state index contributed by atoms with van der Waals surface area (Å²) in [6.45, 7) is 6.30. The van der Waals surface area contributed by atoms with E-state index >= 15 is 0 Å². The lowest BCUT2D eigenvalue weighted by molar-refractivity contribution is -0.127. The number of ether oxygens (including phenoxy) is 3. The maximum absolute atomic E-state index is 12.3. The van der Waals surface area contributed by atoms with Crippen LogP contribution in [0.3, 0.4) is 0 Å². The third-order valence-electron chi connectivity index (χ3n) is 4.02. The van der Waals surface area contributed by atoms with Gasteiger partial charge >= 0.3 is 6.09 Å². The van der Waals surface area contributed by atoms with Crippen molar-refractivity contribution in [2.75, 3.05) is 24.7 Å². The Hall–Kier alpha value is -2.97. The van der Waals surface area contributed by atoms with E-state index in [9.17, 15) is 14.4 Å². The molecule has 9 heteroatoms. The molecule has 0 radical (unpaired) electrons. The molecule has 1 aromatic rings. The van der Waals surface area contributed by atoms with E-state index in [1.165, 1.54) is 4.90 Å². The number of hydrogen-bond donors (Lipinski definition) is 2. The standard InChI is InChI=1S/C18H23N3O6/c1-18(2,3)27-17(24)20-19-16(23)11-8-15(22)21(10-11)12-4-5-13-14(9-12)26-7-6-25-13/h4-5,9,11H,6-8,10H2,1-3H3,(H,19,23)(H,20,24)/t11-/m0/s1. The smallest absolute Gasteiger partial charge is 0.426 e. The SMILES string of the molecule is CC(C)(C)OC(=O)NNC(=O)[C@H]1CC(=O)N(c2ccc3c(c2)OCCO3)C1. The average molecular weight is 377 g/mol. The molecule has 0 aromatic heterocycles. The molecule has 0 aliphatic carbocycles. The van der Waals surface area contributed by atoms with E-state index in [1.54, 1.807) is 39.0 Å². The Labute approximate surface area is 156 Å². The topological polar surface area (TPSA) is 106 Å². The average Bonchev–Trinajstić information content (AvgIpc) is 2.99. The minimum atomic E-state index is -0.760. The van der Waals surface area contributed by atoms with Gasteiger partial charge in [0.25, 0.3) is 0 Å². The normalized spacial score (nSPS) is 18.9. The van der Waals surface area contributed by atoms with Gasteiger partial charge in [0.15, 0.2) is 11.5 Å². The molecule has 9 nitrogen and oxygen atoms in total. The van der Waals surface area contributed by atoms with E-state index in [-0.39, 0.29) is 18.9 Å². The zero-order valence-corrected chi connectivity index (χ0v) is 15.5. The van der Waals surface area contributed by atoms with Gasteiger partial charge in [-0.05, 0) is 32.9 Å². The van der Waals surface area contributed by atoms with Crippen molar-refractivity contribution in [2.24, 2.45) is 5.92 Å². The summed E-state index contributed by atoms with van der Waals surface area (Å²) in [4.78, 5) is 37.7.